The Kier molecular flexibility index (Phi) is 8.81. The minimum absolute atomic E-state index is 0.729. The van der Waals surface area contributed by atoms with Crippen LogP contribution in [-0.2, 0) is 0 Å². The molecule has 0 aliphatic carbocycles. The van der Waals surface area contributed by atoms with E-state index in [0.717, 1.165) is 41.4 Å². The highest BCUT2D eigenvalue weighted by Crippen LogP contribution is 2.42. The van der Waals surface area contributed by atoms with Gasteiger partial charge < -0.3 is 9.64 Å². The van der Waals surface area contributed by atoms with Crippen molar-refractivity contribution in [2.24, 2.45) is 0 Å². The van der Waals surface area contributed by atoms with Crippen LogP contribution in [0, 0.1) is 0 Å². The van der Waals surface area contributed by atoms with Gasteiger partial charge in [0.1, 0.15) is 5.75 Å². The lowest BCUT2D eigenvalue weighted by Gasteiger charge is -2.26. The second kappa shape index (κ2) is 13.4. The Morgan fingerprint density at radius 1 is 0.476 bits per heavy atom. The van der Waals surface area contributed by atoms with Crippen molar-refractivity contribution in [3.05, 3.63) is 133 Å². The first-order chi connectivity index (χ1) is 20.8. The van der Waals surface area contributed by atoms with Crippen LogP contribution in [0.1, 0.15) is 45.4 Å². The highest BCUT2D eigenvalue weighted by atomic mass is 16.5. The lowest BCUT2D eigenvalue weighted by molar-refractivity contribution is 0.305. The van der Waals surface area contributed by atoms with Crippen LogP contribution in [0.15, 0.2) is 133 Å². The van der Waals surface area contributed by atoms with Crippen LogP contribution in [0.25, 0.3) is 32.7 Å². The van der Waals surface area contributed by atoms with E-state index in [1.54, 1.807) is 0 Å². The topological polar surface area (TPSA) is 12.5 Å². The monoisotopic (exact) mass is 549 g/mol. The summed E-state index contributed by atoms with van der Waals surface area (Å²) in [6.45, 7) is 2.99. The lowest BCUT2D eigenvalue weighted by atomic mass is 9.94. The van der Waals surface area contributed by atoms with Crippen molar-refractivity contribution in [3.63, 3.8) is 0 Å². The van der Waals surface area contributed by atoms with Gasteiger partial charge in [0.2, 0.25) is 0 Å². The van der Waals surface area contributed by atoms with Gasteiger partial charge in [-0.15, -0.1) is 0 Å². The van der Waals surface area contributed by atoms with Gasteiger partial charge in [-0.05, 0) is 88.1 Å². The van der Waals surface area contributed by atoms with E-state index in [9.17, 15) is 0 Å². The first-order valence-electron chi connectivity index (χ1n) is 15.4. The summed E-state index contributed by atoms with van der Waals surface area (Å²) >= 11 is 0. The van der Waals surface area contributed by atoms with Gasteiger partial charge in [-0.25, -0.2) is 0 Å². The highest BCUT2D eigenvalue weighted by Gasteiger charge is 2.17. The third kappa shape index (κ3) is 6.19. The maximum atomic E-state index is 6.56. The Hall–Kier alpha value is -4.56. The van der Waals surface area contributed by atoms with Gasteiger partial charge in [-0.2, -0.15) is 0 Å². The maximum Gasteiger partial charge on any atom is 0.127 e. The number of benzene rings is 6. The van der Waals surface area contributed by atoms with Gasteiger partial charge in [0.15, 0.2) is 0 Å². The van der Waals surface area contributed by atoms with Crippen molar-refractivity contribution in [1.29, 1.82) is 0 Å². The summed E-state index contributed by atoms with van der Waals surface area (Å²) in [4.78, 5) is 2.32. The molecule has 0 unspecified atom stereocenters. The highest BCUT2D eigenvalue weighted by molar-refractivity contribution is 6.06. The zero-order valence-corrected chi connectivity index (χ0v) is 24.5. The third-order valence-electron chi connectivity index (χ3n) is 8.04. The van der Waals surface area contributed by atoms with Crippen LogP contribution in [0.5, 0.6) is 5.75 Å². The van der Waals surface area contributed by atoms with E-state index in [1.807, 2.05) is 0 Å². The largest absolute Gasteiger partial charge is 0.493 e. The first-order valence-corrected chi connectivity index (χ1v) is 15.4. The molecule has 6 aromatic rings. The number of unbranched alkanes of at least 4 members (excludes halogenated alkanes) is 5. The summed E-state index contributed by atoms with van der Waals surface area (Å²) in [7, 11) is 0. The molecular formula is C40H39NO. The fraction of sp³-hybridized carbons (Fsp3) is 0.200. The molecular weight excluding hydrogens is 510 g/mol. The number of anilines is 3. The Morgan fingerprint density at radius 3 is 1.81 bits per heavy atom. The van der Waals surface area contributed by atoms with Crippen molar-refractivity contribution in [2.75, 3.05) is 11.5 Å². The smallest absolute Gasteiger partial charge is 0.127 e. The van der Waals surface area contributed by atoms with E-state index in [4.69, 9.17) is 4.74 Å². The Labute approximate surface area is 250 Å². The molecule has 0 amide bonds. The number of hydrogen-bond donors (Lipinski definition) is 0. The molecule has 0 aliphatic rings. The van der Waals surface area contributed by atoms with Gasteiger partial charge in [-0.1, -0.05) is 118 Å². The Morgan fingerprint density at radius 2 is 1.10 bits per heavy atom. The van der Waals surface area contributed by atoms with Crippen LogP contribution in [0.3, 0.4) is 0 Å². The van der Waals surface area contributed by atoms with Crippen molar-refractivity contribution < 1.29 is 4.74 Å². The number of hydrogen-bond acceptors (Lipinski definition) is 2. The summed E-state index contributed by atoms with van der Waals surface area (Å²) in [6.07, 6.45) is 7.48. The van der Waals surface area contributed by atoms with E-state index in [0.29, 0.717) is 0 Å². The van der Waals surface area contributed by atoms with Crippen LogP contribution in [-0.4, -0.2) is 6.61 Å². The predicted molar refractivity (Wildman–Crippen MR) is 180 cm³/mol. The van der Waals surface area contributed by atoms with Gasteiger partial charge in [0, 0.05) is 22.6 Å². The summed E-state index contributed by atoms with van der Waals surface area (Å²) in [5.74, 6) is 0.939. The normalized spacial score (nSPS) is 11.2. The van der Waals surface area contributed by atoms with E-state index in [1.165, 1.54) is 59.2 Å². The molecule has 2 heteroatoms. The minimum atomic E-state index is 0.729. The lowest BCUT2D eigenvalue weighted by Crippen LogP contribution is -2.10. The molecule has 210 valence electrons. The molecule has 0 saturated heterocycles. The van der Waals surface area contributed by atoms with Gasteiger partial charge in [0.25, 0.3) is 0 Å². The van der Waals surface area contributed by atoms with Crippen LogP contribution in [0.2, 0.25) is 0 Å². The number of para-hydroxylation sites is 2. The number of nitrogens with zero attached hydrogens (tertiary/aromatic N) is 1. The zero-order chi connectivity index (χ0) is 28.6. The van der Waals surface area contributed by atoms with E-state index in [2.05, 4.69) is 145 Å². The molecule has 0 N–H and O–H groups in total. The molecule has 0 aliphatic heterocycles. The Bertz CT molecular complexity index is 1700. The quantitative estimate of drug-likeness (QED) is 0.111. The SMILES string of the molecule is CCCCCCCCOc1ccc(N(c2ccccc2)c2ccccc2)cc1-c1cccc2cc3ccccc3cc12. The average Bonchev–Trinajstić information content (AvgIpc) is 3.04. The average molecular weight is 550 g/mol. The number of fused-ring (bicyclic) bond motifs is 2. The van der Waals surface area contributed by atoms with Crippen LogP contribution < -0.4 is 9.64 Å². The van der Waals surface area contributed by atoms with E-state index >= 15 is 0 Å². The Balaban J connectivity index is 1.44. The number of rotatable bonds is 12. The fourth-order valence-corrected chi connectivity index (χ4v) is 5.86. The summed E-state index contributed by atoms with van der Waals surface area (Å²) in [5, 5.41) is 4.98. The summed E-state index contributed by atoms with van der Waals surface area (Å²) in [6, 6.07) is 47.7. The molecule has 0 atom stereocenters. The molecule has 0 aromatic heterocycles. The molecule has 6 aromatic carbocycles. The van der Waals surface area contributed by atoms with Crippen LogP contribution >= 0.6 is 0 Å². The summed E-state index contributed by atoms with van der Waals surface area (Å²) < 4.78 is 6.56. The molecule has 2 nitrogen and oxygen atoms in total. The van der Waals surface area contributed by atoms with E-state index in [-0.39, 0.29) is 0 Å². The zero-order valence-electron chi connectivity index (χ0n) is 24.5. The van der Waals surface area contributed by atoms with Crippen molar-refractivity contribution in [1.82, 2.24) is 0 Å². The molecule has 42 heavy (non-hydrogen) atoms. The second-order valence-corrected chi connectivity index (χ2v) is 11.0. The maximum absolute atomic E-state index is 6.56. The van der Waals surface area contributed by atoms with E-state index < -0.39 is 0 Å². The molecule has 0 fully saturated rings. The van der Waals surface area contributed by atoms with Gasteiger partial charge >= 0.3 is 0 Å². The first kappa shape index (κ1) is 27.6. The van der Waals surface area contributed by atoms with Crippen molar-refractivity contribution in [2.45, 2.75) is 45.4 Å². The third-order valence-corrected chi connectivity index (χ3v) is 8.04. The predicted octanol–water partition coefficient (Wildman–Crippen LogP) is 11.9. The van der Waals surface area contributed by atoms with Gasteiger partial charge in [0.05, 0.1) is 6.61 Å². The van der Waals surface area contributed by atoms with Crippen molar-refractivity contribution >= 4 is 38.6 Å². The van der Waals surface area contributed by atoms with Gasteiger partial charge in [-0.3, -0.25) is 0 Å². The second-order valence-electron chi connectivity index (χ2n) is 11.0. The number of ether oxygens (including phenoxy) is 1. The molecule has 0 bridgehead atoms. The van der Waals surface area contributed by atoms with Crippen molar-refractivity contribution in [3.8, 4) is 16.9 Å². The molecule has 6 rings (SSSR count). The molecule has 0 saturated carbocycles. The molecule has 0 spiro atoms. The fourth-order valence-electron chi connectivity index (χ4n) is 5.86. The molecule has 0 heterocycles. The van der Waals surface area contributed by atoms with Crippen LogP contribution in [0.4, 0.5) is 17.1 Å². The molecule has 0 radical (unpaired) electrons. The summed E-state index contributed by atoms with van der Waals surface area (Å²) in [5.41, 5.74) is 5.67. The standard InChI is InChI=1S/C40H39NO/c1-2-3-4-5-6-15-27-42-40-26-25-36(41(34-20-9-7-10-21-34)35-22-11-8-12-23-35)30-39(40)37-24-16-19-33-28-31-17-13-14-18-32(31)29-38(33)37/h7-14,16-26,28-30H,2-6,15,27H2,1H3. The minimum Gasteiger partial charge on any atom is -0.493 e.